The minimum absolute atomic E-state index is 0.00931. The number of amides is 1. The Kier molecular flexibility index (Phi) is 6.81. The smallest absolute Gasteiger partial charge is 0.270 e. The van der Waals surface area contributed by atoms with E-state index < -0.39 is 0 Å². The van der Waals surface area contributed by atoms with Gasteiger partial charge in [-0.3, -0.25) is 29.1 Å². The van der Waals surface area contributed by atoms with Crippen LogP contribution in [-0.4, -0.2) is 36.7 Å². The van der Waals surface area contributed by atoms with E-state index in [-0.39, 0.29) is 18.0 Å². The van der Waals surface area contributed by atoms with Gasteiger partial charge in [-0.1, -0.05) is 60.7 Å². The highest BCUT2D eigenvalue weighted by Gasteiger charge is 2.27. The lowest BCUT2D eigenvalue weighted by Gasteiger charge is -2.27. The van der Waals surface area contributed by atoms with Gasteiger partial charge in [-0.15, -0.1) is 0 Å². The average molecular weight is 469 g/mol. The zero-order valence-electron chi connectivity index (χ0n) is 19.5. The summed E-state index contributed by atoms with van der Waals surface area (Å²) in [6.45, 7) is 3.01. The van der Waals surface area contributed by atoms with E-state index in [9.17, 15) is 9.59 Å². The second-order valence-corrected chi connectivity index (χ2v) is 8.75. The Morgan fingerprint density at radius 2 is 1.63 bits per heavy atom. The van der Waals surface area contributed by atoms with Gasteiger partial charge in [0.05, 0.1) is 30.7 Å². The first-order chi connectivity index (χ1) is 17.2. The molecule has 0 saturated heterocycles. The SMILES string of the molecule is O=C(Cn1c2c(c(=O)n1Cc1ccccc1)CCN(Cc1ccccc1)C2)NCc1cnccn1. The monoisotopic (exact) mass is 468 g/mol. The molecule has 2 aromatic carbocycles. The molecule has 0 atom stereocenters. The van der Waals surface area contributed by atoms with Crippen LogP contribution in [0.1, 0.15) is 28.1 Å². The van der Waals surface area contributed by atoms with Gasteiger partial charge in [0.2, 0.25) is 5.91 Å². The third kappa shape index (κ3) is 5.38. The zero-order valence-corrected chi connectivity index (χ0v) is 19.5. The van der Waals surface area contributed by atoms with Crippen molar-refractivity contribution in [1.82, 2.24) is 29.5 Å². The van der Waals surface area contributed by atoms with Crippen LogP contribution in [0.25, 0.3) is 0 Å². The van der Waals surface area contributed by atoms with Crippen molar-refractivity contribution in [2.75, 3.05) is 6.54 Å². The fourth-order valence-corrected chi connectivity index (χ4v) is 4.55. The standard InChI is InChI=1S/C27H28N6O2/c34-26(30-16-23-15-28-12-13-29-23)20-32-25-19-31(17-21-7-3-1-4-8-21)14-11-24(25)27(35)33(32)18-22-9-5-2-6-10-22/h1-10,12-13,15H,11,14,16-20H2,(H,30,34). The molecule has 8 nitrogen and oxygen atoms in total. The molecule has 0 radical (unpaired) electrons. The van der Waals surface area contributed by atoms with E-state index in [1.807, 2.05) is 53.2 Å². The fraction of sp³-hybridized carbons (Fsp3) is 0.259. The minimum atomic E-state index is -0.171. The molecule has 0 spiro atoms. The average Bonchev–Trinajstić information content (AvgIpc) is 3.14. The van der Waals surface area contributed by atoms with E-state index >= 15 is 0 Å². The molecule has 35 heavy (non-hydrogen) atoms. The highest BCUT2D eigenvalue weighted by Crippen LogP contribution is 2.20. The van der Waals surface area contributed by atoms with Crippen LogP contribution < -0.4 is 10.9 Å². The van der Waals surface area contributed by atoms with Gasteiger partial charge in [0.15, 0.2) is 0 Å². The number of benzene rings is 2. The second-order valence-electron chi connectivity index (χ2n) is 8.75. The second kappa shape index (κ2) is 10.5. The molecule has 1 aliphatic heterocycles. The van der Waals surface area contributed by atoms with Crippen LogP contribution in [0.5, 0.6) is 0 Å². The number of carbonyl (C=O) groups excluding carboxylic acids is 1. The third-order valence-electron chi connectivity index (χ3n) is 6.30. The molecule has 1 aliphatic rings. The summed E-state index contributed by atoms with van der Waals surface area (Å²) in [5, 5.41) is 2.91. The first-order valence-electron chi connectivity index (χ1n) is 11.8. The predicted molar refractivity (Wildman–Crippen MR) is 132 cm³/mol. The lowest BCUT2D eigenvalue weighted by molar-refractivity contribution is -0.122. The first-order valence-corrected chi connectivity index (χ1v) is 11.8. The van der Waals surface area contributed by atoms with Crippen molar-refractivity contribution in [2.45, 2.75) is 39.1 Å². The number of rotatable bonds is 8. The summed E-state index contributed by atoms with van der Waals surface area (Å²) >= 11 is 0. The van der Waals surface area contributed by atoms with E-state index in [0.29, 0.717) is 31.7 Å². The molecular formula is C27H28N6O2. The molecule has 2 aromatic heterocycles. The van der Waals surface area contributed by atoms with Crippen LogP contribution in [0.3, 0.4) is 0 Å². The Hall–Kier alpha value is -4.04. The van der Waals surface area contributed by atoms with Gasteiger partial charge in [-0.05, 0) is 17.5 Å². The molecule has 1 amide bonds. The van der Waals surface area contributed by atoms with Crippen molar-refractivity contribution in [3.05, 3.63) is 118 Å². The number of aromatic nitrogens is 4. The number of fused-ring (bicyclic) bond motifs is 1. The van der Waals surface area contributed by atoms with Crippen molar-refractivity contribution in [2.24, 2.45) is 0 Å². The number of nitrogens with one attached hydrogen (secondary N) is 1. The predicted octanol–water partition coefficient (Wildman–Crippen LogP) is 2.36. The molecule has 3 heterocycles. The molecule has 0 fully saturated rings. The van der Waals surface area contributed by atoms with E-state index in [4.69, 9.17) is 0 Å². The summed E-state index contributed by atoms with van der Waals surface area (Å²) in [7, 11) is 0. The van der Waals surface area contributed by atoms with Crippen LogP contribution in [-0.2, 0) is 43.9 Å². The highest BCUT2D eigenvalue weighted by molar-refractivity contribution is 5.75. The van der Waals surface area contributed by atoms with Gasteiger partial charge >= 0.3 is 0 Å². The fourth-order valence-electron chi connectivity index (χ4n) is 4.55. The quantitative estimate of drug-likeness (QED) is 0.429. The Balaban J connectivity index is 1.41. The van der Waals surface area contributed by atoms with Crippen LogP contribution in [0, 0.1) is 0 Å². The Morgan fingerprint density at radius 3 is 2.31 bits per heavy atom. The topological polar surface area (TPSA) is 85.0 Å². The van der Waals surface area contributed by atoms with Crippen molar-refractivity contribution in [3.8, 4) is 0 Å². The molecule has 1 N–H and O–H groups in total. The summed E-state index contributed by atoms with van der Waals surface area (Å²) in [5.74, 6) is -0.171. The molecule has 0 aliphatic carbocycles. The van der Waals surface area contributed by atoms with Crippen LogP contribution >= 0.6 is 0 Å². The van der Waals surface area contributed by atoms with Crippen molar-refractivity contribution in [3.63, 3.8) is 0 Å². The minimum Gasteiger partial charge on any atom is -0.349 e. The number of hydrogen-bond acceptors (Lipinski definition) is 5. The van der Waals surface area contributed by atoms with Crippen molar-refractivity contribution >= 4 is 5.91 Å². The molecular weight excluding hydrogens is 440 g/mol. The third-order valence-corrected chi connectivity index (χ3v) is 6.30. The maximum Gasteiger partial charge on any atom is 0.270 e. The maximum absolute atomic E-state index is 13.4. The molecule has 178 valence electrons. The van der Waals surface area contributed by atoms with E-state index in [1.165, 1.54) is 5.56 Å². The van der Waals surface area contributed by atoms with E-state index in [2.05, 4.69) is 32.3 Å². The lowest BCUT2D eigenvalue weighted by atomic mass is 10.1. The molecule has 0 unspecified atom stereocenters. The highest BCUT2D eigenvalue weighted by atomic mass is 16.2. The normalized spacial score (nSPS) is 13.4. The van der Waals surface area contributed by atoms with Crippen LogP contribution in [0.2, 0.25) is 0 Å². The Morgan fingerprint density at radius 1 is 0.914 bits per heavy atom. The van der Waals surface area contributed by atoms with Crippen LogP contribution in [0.15, 0.2) is 84.0 Å². The van der Waals surface area contributed by atoms with Gasteiger partial charge in [0.1, 0.15) is 6.54 Å². The molecule has 8 heteroatoms. The van der Waals surface area contributed by atoms with Gasteiger partial charge in [0.25, 0.3) is 5.56 Å². The number of hydrogen-bond donors (Lipinski definition) is 1. The zero-order chi connectivity index (χ0) is 24.0. The molecule has 0 bridgehead atoms. The van der Waals surface area contributed by atoms with E-state index in [1.54, 1.807) is 23.3 Å². The summed E-state index contributed by atoms with van der Waals surface area (Å²) in [6.07, 6.45) is 5.50. The molecule has 4 aromatic rings. The van der Waals surface area contributed by atoms with Crippen molar-refractivity contribution in [1.29, 1.82) is 0 Å². The maximum atomic E-state index is 13.4. The Labute approximate surface area is 203 Å². The number of carbonyl (C=O) groups is 1. The molecule has 0 saturated carbocycles. The lowest BCUT2D eigenvalue weighted by Crippen LogP contribution is -2.34. The van der Waals surface area contributed by atoms with Crippen molar-refractivity contribution < 1.29 is 4.79 Å². The van der Waals surface area contributed by atoms with E-state index in [0.717, 1.165) is 29.9 Å². The number of nitrogens with zero attached hydrogens (tertiary/aromatic N) is 5. The van der Waals surface area contributed by atoms with Gasteiger partial charge in [-0.25, -0.2) is 4.68 Å². The summed E-state index contributed by atoms with van der Waals surface area (Å²) in [6, 6.07) is 20.2. The molecule has 5 rings (SSSR count). The van der Waals surface area contributed by atoms with Gasteiger partial charge in [-0.2, -0.15) is 0 Å². The van der Waals surface area contributed by atoms with Crippen LogP contribution in [0.4, 0.5) is 0 Å². The summed E-state index contributed by atoms with van der Waals surface area (Å²) < 4.78 is 3.59. The summed E-state index contributed by atoms with van der Waals surface area (Å²) in [4.78, 5) is 37.0. The Bertz CT molecular complexity index is 1330. The largest absolute Gasteiger partial charge is 0.349 e. The van der Waals surface area contributed by atoms with Gasteiger partial charge in [0, 0.05) is 37.6 Å². The first kappa shape index (κ1) is 22.7. The summed E-state index contributed by atoms with van der Waals surface area (Å²) in [5.41, 5.74) is 4.66. The van der Waals surface area contributed by atoms with Gasteiger partial charge < -0.3 is 5.32 Å².